The van der Waals surface area contributed by atoms with E-state index in [2.05, 4.69) is 4.98 Å². The molecule has 1 aromatic heterocycles. The van der Waals surface area contributed by atoms with Crippen molar-refractivity contribution in [1.29, 1.82) is 0 Å². The highest BCUT2D eigenvalue weighted by molar-refractivity contribution is 7.93. The molecule has 0 radical (unpaired) electrons. The number of aryl methyl sites for hydroxylation is 1. The quantitative estimate of drug-likeness (QED) is 0.537. The zero-order chi connectivity index (χ0) is 23.1. The number of hydrogen-bond acceptors (Lipinski definition) is 8. The van der Waals surface area contributed by atoms with Gasteiger partial charge in [0, 0.05) is 32.4 Å². The van der Waals surface area contributed by atoms with Gasteiger partial charge in [-0.3, -0.25) is 0 Å². The van der Waals surface area contributed by atoms with Gasteiger partial charge >= 0.3 is 0 Å². The van der Waals surface area contributed by atoms with E-state index in [1.807, 2.05) is 16.7 Å². The van der Waals surface area contributed by atoms with E-state index in [9.17, 15) is 21.2 Å². The van der Waals surface area contributed by atoms with Crippen LogP contribution in [0.2, 0.25) is 0 Å². The van der Waals surface area contributed by atoms with Crippen molar-refractivity contribution in [1.82, 2.24) is 4.98 Å². The SMILES string of the molecule is Cc1ccc(S(=O)(=O)c2nc(S(C)(=O)=O)sc2N2CCN(c3ccccc3F)CC2)cc1. The molecule has 0 spiro atoms. The fourth-order valence-electron chi connectivity index (χ4n) is 3.50. The van der Waals surface area contributed by atoms with E-state index in [0.717, 1.165) is 23.2 Å². The van der Waals surface area contributed by atoms with Gasteiger partial charge in [-0.25, -0.2) is 26.2 Å². The Bertz CT molecular complexity index is 1350. The zero-order valence-corrected chi connectivity index (χ0v) is 20.0. The minimum Gasteiger partial charge on any atom is -0.366 e. The second-order valence-electron chi connectivity index (χ2n) is 7.60. The Hall–Kier alpha value is -2.50. The second-order valence-corrected chi connectivity index (χ2v) is 12.6. The van der Waals surface area contributed by atoms with Crippen LogP contribution in [0.15, 0.2) is 62.8 Å². The molecule has 2 aromatic carbocycles. The number of piperazine rings is 1. The lowest BCUT2D eigenvalue weighted by atomic mass is 10.2. The minimum absolute atomic E-state index is 0.0553. The third-order valence-electron chi connectivity index (χ3n) is 5.22. The summed E-state index contributed by atoms with van der Waals surface area (Å²) in [5.74, 6) is -0.319. The number of halogens is 1. The van der Waals surface area contributed by atoms with E-state index in [1.54, 1.807) is 30.3 Å². The summed E-state index contributed by atoms with van der Waals surface area (Å²) in [6.45, 7) is 3.56. The van der Waals surface area contributed by atoms with Crippen LogP contribution < -0.4 is 9.80 Å². The number of aromatic nitrogens is 1. The van der Waals surface area contributed by atoms with Crippen LogP contribution in [0.25, 0.3) is 0 Å². The maximum atomic E-state index is 14.2. The molecule has 4 rings (SSSR count). The van der Waals surface area contributed by atoms with Gasteiger partial charge in [-0.05, 0) is 31.2 Å². The topological polar surface area (TPSA) is 87.6 Å². The number of para-hydroxylation sites is 1. The smallest absolute Gasteiger partial charge is 0.226 e. The lowest BCUT2D eigenvalue weighted by Gasteiger charge is -2.36. The van der Waals surface area contributed by atoms with Crippen LogP contribution in [-0.4, -0.2) is 54.3 Å². The Morgan fingerprint density at radius 2 is 1.50 bits per heavy atom. The van der Waals surface area contributed by atoms with E-state index in [4.69, 9.17) is 0 Å². The molecule has 1 aliphatic rings. The van der Waals surface area contributed by atoms with Crippen LogP contribution in [0, 0.1) is 12.7 Å². The Kier molecular flexibility index (Phi) is 5.99. The standard InChI is InChI=1S/C21H22FN3O4S3/c1-15-7-9-16(10-8-15)32(28,29)19-20(30-21(23-19)31(2,26)27)25-13-11-24(12-14-25)18-6-4-3-5-17(18)22/h3-10H,11-14H2,1-2H3. The Morgan fingerprint density at radius 3 is 2.09 bits per heavy atom. The number of sulfone groups is 2. The van der Waals surface area contributed by atoms with Gasteiger partial charge in [0.25, 0.3) is 0 Å². The fourth-order valence-corrected chi connectivity index (χ4v) is 7.21. The molecular weight excluding hydrogens is 473 g/mol. The van der Waals surface area contributed by atoms with Gasteiger partial charge < -0.3 is 9.80 Å². The third kappa shape index (κ3) is 4.37. The number of nitrogens with zero attached hydrogens (tertiary/aromatic N) is 3. The van der Waals surface area contributed by atoms with Crippen molar-refractivity contribution < 1.29 is 21.2 Å². The number of rotatable bonds is 5. The van der Waals surface area contributed by atoms with Crippen LogP contribution in [0.5, 0.6) is 0 Å². The van der Waals surface area contributed by atoms with E-state index >= 15 is 0 Å². The lowest BCUT2D eigenvalue weighted by Crippen LogP contribution is -2.46. The third-order valence-corrected chi connectivity index (χ3v) is 9.83. The largest absolute Gasteiger partial charge is 0.366 e. The molecule has 1 fully saturated rings. The molecule has 32 heavy (non-hydrogen) atoms. The zero-order valence-electron chi connectivity index (χ0n) is 17.5. The van der Waals surface area contributed by atoms with Gasteiger partial charge in [0.05, 0.1) is 10.6 Å². The number of benzene rings is 2. The maximum Gasteiger partial charge on any atom is 0.226 e. The van der Waals surface area contributed by atoms with Gasteiger partial charge in [0.2, 0.25) is 24.0 Å². The summed E-state index contributed by atoms with van der Waals surface area (Å²) < 4.78 is 64.9. The first kappa shape index (κ1) is 22.7. The van der Waals surface area contributed by atoms with E-state index in [1.165, 1.54) is 18.2 Å². The van der Waals surface area contributed by atoms with Gasteiger partial charge in [0.15, 0.2) is 5.03 Å². The van der Waals surface area contributed by atoms with E-state index < -0.39 is 19.7 Å². The first-order chi connectivity index (χ1) is 15.1. The molecule has 3 aromatic rings. The molecule has 0 unspecified atom stereocenters. The molecule has 11 heteroatoms. The predicted molar refractivity (Wildman–Crippen MR) is 123 cm³/mol. The van der Waals surface area contributed by atoms with Crippen molar-refractivity contribution in [2.24, 2.45) is 0 Å². The molecule has 0 aliphatic carbocycles. The normalized spacial score (nSPS) is 15.2. The van der Waals surface area contributed by atoms with Crippen molar-refractivity contribution in [3.8, 4) is 0 Å². The van der Waals surface area contributed by atoms with Crippen molar-refractivity contribution in [2.75, 3.05) is 42.2 Å². The van der Waals surface area contributed by atoms with Crippen molar-refractivity contribution in [3.63, 3.8) is 0 Å². The lowest BCUT2D eigenvalue weighted by molar-refractivity contribution is 0.586. The van der Waals surface area contributed by atoms with E-state index in [-0.39, 0.29) is 20.1 Å². The summed E-state index contributed by atoms with van der Waals surface area (Å²) in [6.07, 6.45) is 1.01. The highest BCUT2D eigenvalue weighted by Gasteiger charge is 2.33. The van der Waals surface area contributed by atoms with Gasteiger partial charge in [0.1, 0.15) is 10.8 Å². The Balaban J connectivity index is 1.69. The Morgan fingerprint density at radius 1 is 0.906 bits per heavy atom. The summed E-state index contributed by atoms with van der Waals surface area (Å²) >= 11 is 0.853. The molecule has 170 valence electrons. The fraction of sp³-hybridized carbons (Fsp3) is 0.286. The molecule has 1 saturated heterocycles. The van der Waals surface area contributed by atoms with Crippen LogP contribution in [0.1, 0.15) is 5.56 Å². The maximum absolute atomic E-state index is 14.2. The summed E-state index contributed by atoms with van der Waals surface area (Å²) in [7, 11) is -7.72. The van der Waals surface area contributed by atoms with Crippen LogP contribution in [0.4, 0.5) is 15.1 Å². The van der Waals surface area contributed by atoms with Crippen molar-refractivity contribution in [2.45, 2.75) is 21.2 Å². The predicted octanol–water partition coefficient (Wildman–Crippen LogP) is 3.15. The summed E-state index contributed by atoms with van der Waals surface area (Å²) in [4.78, 5) is 7.80. The van der Waals surface area contributed by atoms with Crippen LogP contribution >= 0.6 is 11.3 Å². The van der Waals surface area contributed by atoms with Crippen LogP contribution in [0.3, 0.4) is 0 Å². The summed E-state index contributed by atoms with van der Waals surface area (Å²) in [5, 5.41) is 0.0327. The van der Waals surface area contributed by atoms with Gasteiger partial charge in [-0.15, -0.1) is 0 Å². The van der Waals surface area contributed by atoms with Crippen LogP contribution in [-0.2, 0) is 19.7 Å². The highest BCUT2D eigenvalue weighted by Crippen LogP contribution is 2.38. The number of hydrogen-bond donors (Lipinski definition) is 0. The molecule has 1 aliphatic heterocycles. The summed E-state index contributed by atoms with van der Waals surface area (Å²) in [5.41, 5.74) is 1.39. The summed E-state index contributed by atoms with van der Waals surface area (Å²) in [6, 6.07) is 12.8. The van der Waals surface area contributed by atoms with Crippen molar-refractivity contribution >= 4 is 41.7 Å². The van der Waals surface area contributed by atoms with Crippen molar-refractivity contribution in [3.05, 3.63) is 59.9 Å². The molecule has 0 amide bonds. The molecular formula is C21H22FN3O4S3. The first-order valence-electron chi connectivity index (χ1n) is 9.84. The molecule has 0 bridgehead atoms. The molecule has 0 atom stereocenters. The minimum atomic E-state index is -4.03. The molecule has 7 nitrogen and oxygen atoms in total. The Labute approximate surface area is 191 Å². The average molecular weight is 496 g/mol. The van der Waals surface area contributed by atoms with Gasteiger partial charge in [-0.1, -0.05) is 41.2 Å². The second kappa shape index (κ2) is 8.45. The monoisotopic (exact) mass is 495 g/mol. The van der Waals surface area contributed by atoms with Gasteiger partial charge in [-0.2, -0.15) is 0 Å². The average Bonchev–Trinajstić information content (AvgIpc) is 3.22. The number of anilines is 2. The molecule has 0 saturated carbocycles. The molecule has 2 heterocycles. The highest BCUT2D eigenvalue weighted by atomic mass is 32.2. The van der Waals surface area contributed by atoms with E-state index in [0.29, 0.717) is 36.9 Å². The number of thiazole rings is 1. The molecule has 0 N–H and O–H groups in total. The first-order valence-corrected chi connectivity index (χ1v) is 14.0.